The maximum Gasteiger partial charge on any atom is 0.339 e. The molecule has 7 heteroatoms. The van der Waals surface area contributed by atoms with Crippen LogP contribution in [0.1, 0.15) is 42.7 Å². The standard InChI is InChI=1S/C18H21N3O4/c1-4-19-18(24)21-16(22)10-25-17(23)13-9-15(11(2)3)20-14-8-6-5-7-12(13)14/h5-9,11H,4,10H2,1-3H3,(H2,19,21,22,24). The zero-order valence-corrected chi connectivity index (χ0v) is 14.5. The summed E-state index contributed by atoms with van der Waals surface area (Å²) in [6, 6.07) is 8.29. The Morgan fingerprint density at radius 3 is 2.60 bits per heavy atom. The number of hydrogen-bond acceptors (Lipinski definition) is 5. The number of benzene rings is 1. The number of para-hydroxylation sites is 1. The molecule has 2 rings (SSSR count). The van der Waals surface area contributed by atoms with Crippen LogP contribution in [0.5, 0.6) is 0 Å². The van der Waals surface area contributed by atoms with Crippen molar-refractivity contribution in [2.45, 2.75) is 26.7 Å². The third-order valence-electron chi connectivity index (χ3n) is 3.47. The first-order valence-corrected chi connectivity index (χ1v) is 8.06. The molecule has 0 aliphatic carbocycles. The summed E-state index contributed by atoms with van der Waals surface area (Å²) in [5.74, 6) is -1.19. The van der Waals surface area contributed by atoms with Gasteiger partial charge in [-0.25, -0.2) is 9.59 Å². The maximum absolute atomic E-state index is 12.4. The summed E-state index contributed by atoms with van der Waals surface area (Å²) < 4.78 is 5.05. The molecular weight excluding hydrogens is 322 g/mol. The predicted molar refractivity (Wildman–Crippen MR) is 93.3 cm³/mol. The van der Waals surface area contributed by atoms with Gasteiger partial charge in [0.25, 0.3) is 5.91 Å². The number of esters is 1. The van der Waals surface area contributed by atoms with Gasteiger partial charge < -0.3 is 10.1 Å². The van der Waals surface area contributed by atoms with Crippen molar-refractivity contribution in [2.75, 3.05) is 13.2 Å². The van der Waals surface area contributed by atoms with E-state index in [4.69, 9.17) is 4.74 Å². The fourth-order valence-electron chi connectivity index (χ4n) is 2.24. The largest absolute Gasteiger partial charge is 0.452 e. The molecule has 25 heavy (non-hydrogen) atoms. The van der Waals surface area contributed by atoms with E-state index in [1.165, 1.54) is 0 Å². The minimum Gasteiger partial charge on any atom is -0.452 e. The average Bonchev–Trinajstić information content (AvgIpc) is 2.58. The second-order valence-electron chi connectivity index (χ2n) is 5.75. The van der Waals surface area contributed by atoms with Crippen LogP contribution in [-0.2, 0) is 9.53 Å². The molecule has 0 radical (unpaired) electrons. The normalized spacial score (nSPS) is 10.6. The number of imide groups is 1. The SMILES string of the molecule is CCNC(=O)NC(=O)COC(=O)c1cc(C(C)C)nc2ccccc12. The van der Waals surface area contributed by atoms with Crippen LogP contribution in [0.3, 0.4) is 0 Å². The molecule has 1 aromatic heterocycles. The highest BCUT2D eigenvalue weighted by Crippen LogP contribution is 2.23. The van der Waals surface area contributed by atoms with Gasteiger partial charge in [-0.3, -0.25) is 15.1 Å². The van der Waals surface area contributed by atoms with Gasteiger partial charge in [-0.2, -0.15) is 0 Å². The summed E-state index contributed by atoms with van der Waals surface area (Å²) in [4.78, 5) is 39.9. The molecule has 0 saturated carbocycles. The zero-order chi connectivity index (χ0) is 18.4. The molecule has 2 aromatic rings. The summed E-state index contributed by atoms with van der Waals surface area (Å²) in [7, 11) is 0. The highest BCUT2D eigenvalue weighted by atomic mass is 16.5. The number of hydrogen-bond donors (Lipinski definition) is 2. The zero-order valence-electron chi connectivity index (χ0n) is 14.5. The lowest BCUT2D eigenvalue weighted by molar-refractivity contribution is -0.123. The van der Waals surface area contributed by atoms with Gasteiger partial charge in [0.15, 0.2) is 6.61 Å². The first kappa shape index (κ1) is 18.4. The summed E-state index contributed by atoms with van der Waals surface area (Å²) in [5, 5.41) is 5.15. The Kier molecular flexibility index (Phi) is 6.05. The van der Waals surface area contributed by atoms with Crippen LogP contribution in [0.2, 0.25) is 0 Å². The third-order valence-corrected chi connectivity index (χ3v) is 3.47. The van der Waals surface area contributed by atoms with Crippen LogP contribution in [-0.4, -0.2) is 36.0 Å². The molecule has 1 aromatic carbocycles. The van der Waals surface area contributed by atoms with Crippen LogP contribution in [0.15, 0.2) is 30.3 Å². The number of ether oxygens (including phenoxy) is 1. The fraction of sp³-hybridized carbons (Fsp3) is 0.333. The van der Waals surface area contributed by atoms with E-state index in [9.17, 15) is 14.4 Å². The molecule has 0 spiro atoms. The Labute approximate surface area is 145 Å². The minimum absolute atomic E-state index is 0.136. The van der Waals surface area contributed by atoms with Crippen LogP contribution < -0.4 is 10.6 Å². The van der Waals surface area contributed by atoms with Gasteiger partial charge in [0.05, 0.1) is 11.1 Å². The van der Waals surface area contributed by atoms with E-state index in [2.05, 4.69) is 15.6 Å². The van der Waals surface area contributed by atoms with Crippen molar-refractivity contribution in [3.05, 3.63) is 41.6 Å². The summed E-state index contributed by atoms with van der Waals surface area (Å²) in [6.07, 6.45) is 0. The quantitative estimate of drug-likeness (QED) is 0.812. The number of nitrogens with one attached hydrogen (secondary N) is 2. The van der Waals surface area contributed by atoms with Gasteiger partial charge in [0.1, 0.15) is 0 Å². The molecule has 0 unspecified atom stereocenters. The summed E-state index contributed by atoms with van der Waals surface area (Å²) in [6.45, 7) is 5.53. The molecule has 7 nitrogen and oxygen atoms in total. The Bertz CT molecular complexity index is 802. The number of carbonyl (C=O) groups is 3. The third kappa shape index (κ3) is 4.76. The van der Waals surface area contributed by atoms with E-state index >= 15 is 0 Å². The molecule has 0 bridgehead atoms. The number of aromatic nitrogens is 1. The van der Waals surface area contributed by atoms with Crippen LogP contribution in [0.25, 0.3) is 10.9 Å². The first-order valence-electron chi connectivity index (χ1n) is 8.06. The molecule has 1 heterocycles. The van der Waals surface area contributed by atoms with E-state index < -0.39 is 24.5 Å². The van der Waals surface area contributed by atoms with Gasteiger partial charge >= 0.3 is 12.0 Å². The van der Waals surface area contributed by atoms with E-state index in [1.807, 2.05) is 26.0 Å². The number of fused-ring (bicyclic) bond motifs is 1. The van der Waals surface area contributed by atoms with Crippen molar-refractivity contribution in [1.82, 2.24) is 15.6 Å². The molecule has 0 fully saturated rings. The van der Waals surface area contributed by atoms with Gasteiger partial charge in [0.2, 0.25) is 0 Å². The van der Waals surface area contributed by atoms with Crippen molar-refractivity contribution in [2.24, 2.45) is 0 Å². The molecule has 2 N–H and O–H groups in total. The molecular formula is C18H21N3O4. The number of rotatable bonds is 5. The molecule has 132 valence electrons. The lowest BCUT2D eigenvalue weighted by Crippen LogP contribution is -2.41. The molecule has 0 aliphatic heterocycles. The van der Waals surface area contributed by atoms with E-state index in [1.54, 1.807) is 25.1 Å². The minimum atomic E-state index is -0.693. The Balaban J connectivity index is 2.16. The lowest BCUT2D eigenvalue weighted by atomic mass is 10.0. The van der Waals surface area contributed by atoms with Gasteiger partial charge in [-0.15, -0.1) is 0 Å². The van der Waals surface area contributed by atoms with Gasteiger partial charge in [-0.1, -0.05) is 32.0 Å². The van der Waals surface area contributed by atoms with Gasteiger partial charge in [-0.05, 0) is 25.0 Å². The summed E-state index contributed by atoms with van der Waals surface area (Å²) in [5.41, 5.74) is 1.80. The number of nitrogens with zero attached hydrogens (tertiary/aromatic N) is 1. The van der Waals surface area contributed by atoms with Gasteiger partial charge in [0, 0.05) is 17.6 Å². The monoisotopic (exact) mass is 343 g/mol. The Morgan fingerprint density at radius 1 is 1.20 bits per heavy atom. The topological polar surface area (TPSA) is 97.4 Å². The fourth-order valence-corrected chi connectivity index (χ4v) is 2.24. The molecule has 0 aliphatic rings. The van der Waals surface area contributed by atoms with Crippen molar-refractivity contribution in [3.8, 4) is 0 Å². The summed E-state index contributed by atoms with van der Waals surface area (Å²) >= 11 is 0. The lowest BCUT2D eigenvalue weighted by Gasteiger charge is -2.11. The average molecular weight is 343 g/mol. The first-order chi connectivity index (χ1) is 11.9. The van der Waals surface area contributed by atoms with E-state index in [0.29, 0.717) is 23.0 Å². The van der Waals surface area contributed by atoms with Crippen molar-refractivity contribution in [1.29, 1.82) is 0 Å². The number of carbonyl (C=O) groups excluding carboxylic acids is 3. The molecule has 3 amide bonds. The molecule has 0 atom stereocenters. The van der Waals surface area contributed by atoms with Crippen LogP contribution in [0.4, 0.5) is 4.79 Å². The smallest absolute Gasteiger partial charge is 0.339 e. The second-order valence-corrected chi connectivity index (χ2v) is 5.75. The van der Waals surface area contributed by atoms with Crippen molar-refractivity contribution >= 4 is 28.8 Å². The van der Waals surface area contributed by atoms with Crippen molar-refractivity contribution < 1.29 is 19.1 Å². The Morgan fingerprint density at radius 2 is 1.92 bits per heavy atom. The predicted octanol–water partition coefficient (Wildman–Crippen LogP) is 2.36. The Hall–Kier alpha value is -2.96. The second kappa shape index (κ2) is 8.23. The number of pyridine rings is 1. The highest BCUT2D eigenvalue weighted by Gasteiger charge is 2.17. The maximum atomic E-state index is 12.4. The molecule has 0 saturated heterocycles. The van der Waals surface area contributed by atoms with E-state index in [-0.39, 0.29) is 5.92 Å². The van der Waals surface area contributed by atoms with Crippen LogP contribution in [0, 0.1) is 0 Å². The van der Waals surface area contributed by atoms with Crippen molar-refractivity contribution in [3.63, 3.8) is 0 Å². The van der Waals surface area contributed by atoms with E-state index in [0.717, 1.165) is 5.69 Å². The van der Waals surface area contributed by atoms with Crippen LogP contribution >= 0.6 is 0 Å². The highest BCUT2D eigenvalue weighted by molar-refractivity contribution is 6.04. The number of amides is 3. The number of urea groups is 1.